The average Bonchev–Trinajstić information content (AvgIpc) is 2.92. The Morgan fingerprint density at radius 3 is 2.81 bits per heavy atom. The molecule has 0 fully saturated rings. The maximum absolute atomic E-state index is 12.7. The van der Waals surface area contributed by atoms with E-state index in [0.717, 1.165) is 0 Å². The van der Waals surface area contributed by atoms with E-state index in [4.69, 9.17) is 5.73 Å². The third-order valence-corrected chi connectivity index (χ3v) is 3.19. The molecule has 0 aliphatic carbocycles. The second-order valence-corrected chi connectivity index (χ2v) is 4.47. The zero-order chi connectivity index (χ0) is 14.8. The van der Waals surface area contributed by atoms with Gasteiger partial charge in [-0.25, -0.2) is 9.97 Å². The number of nitrogens with zero attached hydrogens (tertiary/aromatic N) is 3. The Morgan fingerprint density at radius 2 is 2.10 bits per heavy atom. The molecule has 0 aliphatic rings. The van der Waals surface area contributed by atoms with E-state index in [0.29, 0.717) is 22.2 Å². The monoisotopic (exact) mass is 281 g/mol. The van der Waals surface area contributed by atoms with E-state index in [1.165, 1.54) is 24.9 Å². The molecule has 3 N–H and O–H groups in total. The Balaban J connectivity index is 2.08. The SMILES string of the molecule is NC(=O)C(C(=O)c1c[nH]c2ncncc12)c1cccnc1. The molecule has 3 rings (SSSR count). The van der Waals surface area contributed by atoms with Crippen LogP contribution in [-0.2, 0) is 4.79 Å². The van der Waals surface area contributed by atoms with Crippen LogP contribution in [0, 0.1) is 0 Å². The maximum Gasteiger partial charge on any atom is 0.232 e. The fraction of sp³-hybridized carbons (Fsp3) is 0.0714. The van der Waals surface area contributed by atoms with Crippen molar-refractivity contribution in [2.45, 2.75) is 5.92 Å². The van der Waals surface area contributed by atoms with Gasteiger partial charge in [-0.1, -0.05) is 6.07 Å². The number of H-pyrrole nitrogens is 1. The summed E-state index contributed by atoms with van der Waals surface area (Å²) in [5, 5.41) is 0.553. The van der Waals surface area contributed by atoms with Crippen molar-refractivity contribution < 1.29 is 9.59 Å². The van der Waals surface area contributed by atoms with Gasteiger partial charge in [0, 0.05) is 35.7 Å². The highest BCUT2D eigenvalue weighted by Crippen LogP contribution is 2.24. The van der Waals surface area contributed by atoms with Crippen LogP contribution >= 0.6 is 0 Å². The number of primary amides is 1. The molecule has 0 aromatic carbocycles. The minimum absolute atomic E-state index is 0.332. The van der Waals surface area contributed by atoms with Crippen molar-refractivity contribution in [3.05, 3.63) is 54.4 Å². The number of rotatable bonds is 4. The lowest BCUT2D eigenvalue weighted by Crippen LogP contribution is -2.28. The first kappa shape index (κ1) is 12.9. The molecule has 0 aliphatic heterocycles. The number of fused-ring (bicyclic) bond motifs is 1. The number of amides is 1. The lowest BCUT2D eigenvalue weighted by molar-refractivity contribution is -0.118. The molecule has 7 nitrogen and oxygen atoms in total. The zero-order valence-electron chi connectivity index (χ0n) is 10.9. The average molecular weight is 281 g/mol. The summed E-state index contributed by atoms with van der Waals surface area (Å²) in [7, 11) is 0. The van der Waals surface area contributed by atoms with Crippen molar-refractivity contribution in [1.29, 1.82) is 0 Å². The van der Waals surface area contributed by atoms with Crippen molar-refractivity contribution in [2.75, 3.05) is 0 Å². The van der Waals surface area contributed by atoms with Crippen LogP contribution in [0.3, 0.4) is 0 Å². The molecule has 1 unspecified atom stereocenters. The number of pyridine rings is 1. The highest BCUT2D eigenvalue weighted by Gasteiger charge is 2.29. The van der Waals surface area contributed by atoms with Crippen molar-refractivity contribution in [2.24, 2.45) is 5.73 Å². The Labute approximate surface area is 119 Å². The first-order valence-electron chi connectivity index (χ1n) is 6.19. The van der Waals surface area contributed by atoms with Crippen LogP contribution in [0.4, 0.5) is 0 Å². The van der Waals surface area contributed by atoms with Crippen molar-refractivity contribution in [3.63, 3.8) is 0 Å². The molecule has 0 saturated heterocycles. The first-order chi connectivity index (χ1) is 10.2. The van der Waals surface area contributed by atoms with E-state index in [1.54, 1.807) is 18.3 Å². The van der Waals surface area contributed by atoms with Gasteiger partial charge in [0.1, 0.15) is 17.9 Å². The first-order valence-corrected chi connectivity index (χ1v) is 6.19. The molecule has 0 saturated carbocycles. The zero-order valence-corrected chi connectivity index (χ0v) is 10.9. The summed E-state index contributed by atoms with van der Waals surface area (Å²) in [5.74, 6) is -2.21. The number of aromatic nitrogens is 4. The Morgan fingerprint density at radius 1 is 1.24 bits per heavy atom. The number of hydrogen-bond donors (Lipinski definition) is 2. The highest BCUT2D eigenvalue weighted by atomic mass is 16.2. The number of hydrogen-bond acceptors (Lipinski definition) is 5. The summed E-state index contributed by atoms with van der Waals surface area (Å²) in [6, 6.07) is 3.29. The van der Waals surface area contributed by atoms with Gasteiger partial charge < -0.3 is 10.7 Å². The van der Waals surface area contributed by atoms with Gasteiger partial charge in [0.25, 0.3) is 0 Å². The minimum Gasteiger partial charge on any atom is -0.369 e. The van der Waals surface area contributed by atoms with Crippen LogP contribution in [0.5, 0.6) is 0 Å². The molecule has 104 valence electrons. The largest absolute Gasteiger partial charge is 0.369 e. The van der Waals surface area contributed by atoms with E-state index in [2.05, 4.69) is 19.9 Å². The fourth-order valence-electron chi connectivity index (χ4n) is 2.21. The molecular formula is C14H11N5O2. The molecule has 0 spiro atoms. The molecule has 7 heteroatoms. The molecule has 3 aromatic heterocycles. The van der Waals surface area contributed by atoms with E-state index in [1.807, 2.05) is 0 Å². The lowest BCUT2D eigenvalue weighted by Gasteiger charge is -2.11. The van der Waals surface area contributed by atoms with Gasteiger partial charge >= 0.3 is 0 Å². The van der Waals surface area contributed by atoms with Crippen LogP contribution in [-0.4, -0.2) is 31.6 Å². The highest BCUT2D eigenvalue weighted by molar-refractivity contribution is 6.18. The van der Waals surface area contributed by atoms with Crippen LogP contribution in [0.2, 0.25) is 0 Å². The summed E-state index contributed by atoms with van der Waals surface area (Å²) in [6.45, 7) is 0. The van der Waals surface area contributed by atoms with Crippen molar-refractivity contribution >= 4 is 22.7 Å². The third kappa shape index (κ3) is 2.25. The number of ketones is 1. The summed E-state index contributed by atoms with van der Waals surface area (Å²) >= 11 is 0. The lowest BCUT2D eigenvalue weighted by atomic mass is 9.91. The smallest absolute Gasteiger partial charge is 0.232 e. The van der Waals surface area contributed by atoms with Gasteiger partial charge in [-0.15, -0.1) is 0 Å². The van der Waals surface area contributed by atoms with Gasteiger partial charge in [0.2, 0.25) is 5.91 Å². The predicted octanol–water partition coefficient (Wildman–Crippen LogP) is 0.805. The van der Waals surface area contributed by atoms with Gasteiger partial charge in [-0.3, -0.25) is 14.6 Å². The van der Waals surface area contributed by atoms with Gasteiger partial charge in [-0.05, 0) is 11.6 Å². The number of nitrogens with one attached hydrogen (secondary N) is 1. The number of nitrogens with two attached hydrogens (primary N) is 1. The van der Waals surface area contributed by atoms with Crippen LogP contribution in [0.25, 0.3) is 11.0 Å². The van der Waals surface area contributed by atoms with Crippen LogP contribution < -0.4 is 5.73 Å². The summed E-state index contributed by atoms with van der Waals surface area (Å²) in [4.78, 5) is 39.1. The second-order valence-electron chi connectivity index (χ2n) is 4.47. The fourth-order valence-corrected chi connectivity index (χ4v) is 2.21. The topological polar surface area (TPSA) is 115 Å². The predicted molar refractivity (Wildman–Crippen MR) is 74.4 cm³/mol. The standard InChI is InChI=1S/C14H11N5O2/c15-13(21)11(8-2-1-3-16-4-8)12(20)9-6-18-14-10(9)5-17-7-19-14/h1-7,11H,(H2,15,21)(H,17,18,19). The molecule has 0 bridgehead atoms. The minimum atomic E-state index is -1.09. The maximum atomic E-state index is 12.7. The Bertz CT molecular complexity index is 812. The van der Waals surface area contributed by atoms with Gasteiger partial charge in [0.05, 0.1) is 0 Å². The number of aromatic amines is 1. The van der Waals surface area contributed by atoms with Gasteiger partial charge in [-0.2, -0.15) is 0 Å². The van der Waals surface area contributed by atoms with E-state index < -0.39 is 17.6 Å². The van der Waals surface area contributed by atoms with E-state index >= 15 is 0 Å². The third-order valence-electron chi connectivity index (χ3n) is 3.19. The molecule has 1 amide bonds. The molecule has 0 radical (unpaired) electrons. The number of carbonyl (C=O) groups excluding carboxylic acids is 2. The molecule has 1 atom stereocenters. The summed E-state index contributed by atoms with van der Waals surface area (Å²) in [6.07, 6.45) is 7.42. The molecule has 3 heterocycles. The Kier molecular flexibility index (Phi) is 3.15. The normalized spacial score (nSPS) is 12.2. The quantitative estimate of drug-likeness (QED) is 0.542. The van der Waals surface area contributed by atoms with Crippen molar-refractivity contribution in [1.82, 2.24) is 19.9 Å². The number of Topliss-reactive ketones (excluding diaryl/α,β-unsaturated/α-hetero) is 1. The van der Waals surface area contributed by atoms with Gasteiger partial charge in [0.15, 0.2) is 5.78 Å². The second kappa shape index (κ2) is 5.12. The number of carbonyl (C=O) groups is 2. The summed E-state index contributed by atoms with van der Waals surface area (Å²) in [5.41, 5.74) is 6.71. The molecular weight excluding hydrogens is 270 g/mol. The van der Waals surface area contributed by atoms with Crippen molar-refractivity contribution in [3.8, 4) is 0 Å². The Hall–Kier alpha value is -3.09. The summed E-state index contributed by atoms with van der Waals surface area (Å²) < 4.78 is 0. The van der Waals surface area contributed by atoms with E-state index in [9.17, 15) is 9.59 Å². The molecule has 3 aromatic rings. The van der Waals surface area contributed by atoms with E-state index in [-0.39, 0.29) is 0 Å². The van der Waals surface area contributed by atoms with Crippen LogP contribution in [0.1, 0.15) is 21.8 Å². The molecule has 21 heavy (non-hydrogen) atoms. The van der Waals surface area contributed by atoms with Crippen LogP contribution in [0.15, 0.2) is 43.2 Å².